The molecular weight excluding hydrogens is 232 g/mol. The van der Waals surface area contributed by atoms with E-state index in [2.05, 4.69) is 0 Å². The Bertz CT molecular complexity index is 444. The number of rotatable bonds is 2. The van der Waals surface area contributed by atoms with Gasteiger partial charge >= 0.3 is 0 Å². The Morgan fingerprint density at radius 1 is 1.54 bits per heavy atom. The average Bonchev–Trinajstić information content (AvgIpc) is 2.28. The summed E-state index contributed by atoms with van der Waals surface area (Å²) in [6.07, 6.45) is 1.10. The van der Waals surface area contributed by atoms with Crippen molar-refractivity contribution in [1.29, 1.82) is 0 Å². The highest BCUT2D eigenvalue weighted by Gasteiger charge is 2.18. The second kappa shape index (κ2) is 3.40. The van der Waals surface area contributed by atoms with Gasteiger partial charge in [0.05, 0.1) is 9.77 Å². The molecule has 0 N–H and O–H groups in total. The van der Waals surface area contributed by atoms with Crippen LogP contribution in [0.3, 0.4) is 0 Å². The molecule has 0 fully saturated rings. The second-order valence-electron chi connectivity index (χ2n) is 2.60. The molecule has 0 saturated carbocycles. The van der Waals surface area contributed by atoms with E-state index in [9.17, 15) is 13.2 Å². The van der Waals surface area contributed by atoms with Crippen molar-refractivity contribution in [3.63, 3.8) is 0 Å². The molecule has 0 radical (unpaired) electrons. The Kier molecular flexibility index (Phi) is 2.79. The molecule has 1 rings (SSSR count). The van der Waals surface area contributed by atoms with Gasteiger partial charge in [0.15, 0.2) is 9.84 Å². The van der Waals surface area contributed by atoms with Crippen LogP contribution in [0.15, 0.2) is 10.3 Å². The second-order valence-corrected chi connectivity index (χ2v) is 5.81. The van der Waals surface area contributed by atoms with Gasteiger partial charge in [0.2, 0.25) is 0 Å². The molecule has 0 aliphatic carbocycles. The quantitative estimate of drug-likeness (QED) is 0.739. The van der Waals surface area contributed by atoms with Gasteiger partial charge in [-0.3, -0.25) is 4.79 Å². The molecule has 1 heterocycles. The van der Waals surface area contributed by atoms with Crippen molar-refractivity contribution in [2.45, 2.75) is 11.8 Å². The van der Waals surface area contributed by atoms with Crippen molar-refractivity contribution in [1.82, 2.24) is 0 Å². The molecule has 0 aromatic carbocycles. The summed E-state index contributed by atoms with van der Waals surface area (Å²) < 4.78 is 22.3. The molecule has 13 heavy (non-hydrogen) atoms. The first-order valence-corrected chi connectivity index (χ1v) is 6.47. The molecule has 6 heteroatoms. The average molecular weight is 239 g/mol. The van der Waals surface area contributed by atoms with E-state index in [0.717, 1.165) is 17.6 Å². The number of carbonyl (C=O) groups is 1. The first-order chi connectivity index (χ1) is 5.84. The van der Waals surface area contributed by atoms with Crippen molar-refractivity contribution < 1.29 is 13.2 Å². The van der Waals surface area contributed by atoms with Gasteiger partial charge in [-0.25, -0.2) is 8.42 Å². The van der Waals surface area contributed by atoms with Crippen LogP contribution in [-0.2, 0) is 9.84 Å². The molecular formula is C7H7ClO3S2. The fourth-order valence-corrected chi connectivity index (χ4v) is 3.58. The van der Waals surface area contributed by atoms with Crippen molar-refractivity contribution in [2.24, 2.45) is 0 Å². The largest absolute Gasteiger partial charge is 0.275 e. The standard InChI is InChI=1S/C7H7ClO3S2/c1-4-5(13(2,10)11)3-12-6(4)7(8)9/h3H,1-2H3. The third kappa shape index (κ3) is 2.10. The van der Waals surface area contributed by atoms with Gasteiger partial charge in [-0.15, -0.1) is 11.3 Å². The highest BCUT2D eigenvalue weighted by molar-refractivity contribution is 7.90. The summed E-state index contributed by atoms with van der Waals surface area (Å²) in [5.74, 6) is 0. The lowest BCUT2D eigenvalue weighted by Crippen LogP contribution is -1.98. The maximum Gasteiger partial charge on any atom is 0.262 e. The lowest BCUT2D eigenvalue weighted by Gasteiger charge is -1.95. The molecule has 0 amide bonds. The Morgan fingerprint density at radius 2 is 2.08 bits per heavy atom. The molecule has 1 aromatic heterocycles. The van der Waals surface area contributed by atoms with E-state index in [0.29, 0.717) is 10.4 Å². The Morgan fingerprint density at radius 3 is 2.31 bits per heavy atom. The van der Waals surface area contributed by atoms with Crippen molar-refractivity contribution in [3.8, 4) is 0 Å². The van der Waals surface area contributed by atoms with Gasteiger partial charge in [0, 0.05) is 11.6 Å². The molecule has 0 saturated heterocycles. The summed E-state index contributed by atoms with van der Waals surface area (Å²) >= 11 is 6.30. The zero-order valence-corrected chi connectivity index (χ0v) is 9.39. The van der Waals surface area contributed by atoms with Crippen LogP contribution in [0.4, 0.5) is 0 Å². The highest BCUT2D eigenvalue weighted by atomic mass is 35.5. The van der Waals surface area contributed by atoms with Crippen LogP contribution < -0.4 is 0 Å². The number of hydrogen-bond donors (Lipinski definition) is 0. The molecule has 0 aliphatic rings. The number of sulfone groups is 1. The van der Waals surface area contributed by atoms with E-state index in [1.165, 1.54) is 5.38 Å². The van der Waals surface area contributed by atoms with E-state index < -0.39 is 15.1 Å². The number of hydrogen-bond acceptors (Lipinski definition) is 4. The van der Waals surface area contributed by atoms with Crippen LogP contribution in [0, 0.1) is 6.92 Å². The Hall–Kier alpha value is -0.390. The zero-order valence-electron chi connectivity index (χ0n) is 7.00. The Balaban J connectivity index is 3.39. The minimum absolute atomic E-state index is 0.182. The molecule has 0 bridgehead atoms. The predicted molar refractivity (Wildman–Crippen MR) is 52.3 cm³/mol. The van der Waals surface area contributed by atoms with E-state index >= 15 is 0 Å². The third-order valence-corrected chi connectivity index (χ3v) is 4.33. The summed E-state index contributed by atoms with van der Waals surface area (Å²) in [7, 11) is -3.25. The fourth-order valence-electron chi connectivity index (χ4n) is 0.960. The molecule has 72 valence electrons. The lowest BCUT2D eigenvalue weighted by molar-refractivity contribution is 0.108. The zero-order chi connectivity index (χ0) is 10.2. The summed E-state index contributed by atoms with van der Waals surface area (Å²) in [6, 6.07) is 0. The minimum atomic E-state index is -3.25. The van der Waals surface area contributed by atoms with Crippen LogP contribution in [0.25, 0.3) is 0 Å². The first kappa shape index (κ1) is 10.7. The number of carbonyl (C=O) groups excluding carboxylic acids is 1. The lowest BCUT2D eigenvalue weighted by atomic mass is 10.3. The maximum atomic E-state index is 11.1. The van der Waals surface area contributed by atoms with Crippen LogP contribution in [0.2, 0.25) is 0 Å². The summed E-state index contributed by atoms with van der Waals surface area (Å²) in [4.78, 5) is 11.3. The van der Waals surface area contributed by atoms with Crippen molar-refractivity contribution in [2.75, 3.05) is 6.26 Å². The van der Waals surface area contributed by atoms with Crippen LogP contribution in [0.5, 0.6) is 0 Å². The van der Waals surface area contributed by atoms with Gasteiger partial charge in [0.1, 0.15) is 0 Å². The van der Waals surface area contributed by atoms with E-state index in [-0.39, 0.29) is 4.90 Å². The van der Waals surface area contributed by atoms with Gasteiger partial charge < -0.3 is 0 Å². The van der Waals surface area contributed by atoms with Crippen molar-refractivity contribution >= 4 is 38.0 Å². The smallest absolute Gasteiger partial charge is 0.262 e. The van der Waals surface area contributed by atoms with Gasteiger partial charge in [0.25, 0.3) is 5.24 Å². The predicted octanol–water partition coefficient (Wildman–Crippen LogP) is 1.84. The van der Waals surface area contributed by atoms with E-state index in [1.807, 2.05) is 0 Å². The molecule has 0 unspecified atom stereocenters. The first-order valence-electron chi connectivity index (χ1n) is 3.32. The molecule has 3 nitrogen and oxygen atoms in total. The van der Waals surface area contributed by atoms with Crippen molar-refractivity contribution in [3.05, 3.63) is 15.8 Å². The number of halogens is 1. The van der Waals surface area contributed by atoms with E-state index in [4.69, 9.17) is 11.6 Å². The topological polar surface area (TPSA) is 51.2 Å². The monoisotopic (exact) mass is 238 g/mol. The van der Waals surface area contributed by atoms with Crippen LogP contribution >= 0.6 is 22.9 Å². The Labute approximate surface area is 85.3 Å². The SMILES string of the molecule is Cc1c(S(C)(=O)=O)csc1C(=O)Cl. The number of thiophene rings is 1. The summed E-state index contributed by atoms with van der Waals surface area (Å²) in [5, 5.41) is 0.817. The van der Waals surface area contributed by atoms with Crippen LogP contribution in [-0.4, -0.2) is 19.9 Å². The third-order valence-electron chi connectivity index (χ3n) is 1.57. The van der Waals surface area contributed by atoms with Gasteiger partial charge in [-0.2, -0.15) is 0 Å². The molecule has 0 spiro atoms. The van der Waals surface area contributed by atoms with Gasteiger partial charge in [-0.1, -0.05) is 0 Å². The summed E-state index contributed by atoms with van der Waals surface area (Å²) in [6.45, 7) is 1.57. The summed E-state index contributed by atoms with van der Waals surface area (Å²) in [5.41, 5.74) is 0.438. The normalized spacial score (nSPS) is 11.6. The molecule has 0 atom stereocenters. The minimum Gasteiger partial charge on any atom is -0.275 e. The molecule has 0 aliphatic heterocycles. The highest BCUT2D eigenvalue weighted by Crippen LogP contribution is 2.26. The maximum absolute atomic E-state index is 11.1. The van der Waals surface area contributed by atoms with E-state index in [1.54, 1.807) is 6.92 Å². The fraction of sp³-hybridized carbons (Fsp3) is 0.286. The van der Waals surface area contributed by atoms with Crippen LogP contribution in [0.1, 0.15) is 15.2 Å². The molecule has 1 aromatic rings. The van der Waals surface area contributed by atoms with Gasteiger partial charge in [-0.05, 0) is 24.1 Å².